The lowest BCUT2D eigenvalue weighted by Gasteiger charge is -2.46. The Morgan fingerprint density at radius 3 is 2.12 bits per heavy atom. The van der Waals surface area contributed by atoms with Crippen molar-refractivity contribution in [1.29, 1.82) is 0 Å². The summed E-state index contributed by atoms with van der Waals surface area (Å²) in [6.45, 7) is 0.525. The molecular weight excluding hydrogens is 332 g/mol. The normalized spacial score (nSPS) is 25.8. The summed E-state index contributed by atoms with van der Waals surface area (Å²) < 4.78 is 6.30. The van der Waals surface area contributed by atoms with Crippen molar-refractivity contribution in [3.8, 4) is 0 Å². The van der Waals surface area contributed by atoms with Gasteiger partial charge < -0.3 is 4.74 Å². The zero-order valence-corrected chi connectivity index (χ0v) is 15.2. The first-order valence-corrected chi connectivity index (χ1v) is 10.0. The average molecular weight is 356 g/mol. The smallest absolute Gasteiger partial charge is 0.201 e. The van der Waals surface area contributed by atoms with E-state index in [2.05, 4.69) is 36.4 Å². The number of hydrogen-bond donors (Lipinski definition) is 0. The van der Waals surface area contributed by atoms with Crippen LogP contribution in [-0.4, -0.2) is 18.1 Å². The van der Waals surface area contributed by atoms with Gasteiger partial charge in [-0.1, -0.05) is 55.0 Å². The molecule has 1 heterocycles. The maximum atomic E-state index is 6.30. The van der Waals surface area contributed by atoms with Crippen LogP contribution in [0.4, 0.5) is 0 Å². The molecule has 1 aliphatic carbocycles. The summed E-state index contributed by atoms with van der Waals surface area (Å²) in [4.78, 5) is 13.3. The van der Waals surface area contributed by atoms with Crippen molar-refractivity contribution in [2.45, 2.75) is 48.4 Å². The quantitative estimate of drug-likeness (QED) is 0.548. The van der Waals surface area contributed by atoms with Crippen LogP contribution in [0.25, 0.3) is 0 Å². The zero-order chi connectivity index (χ0) is 17.0. The van der Waals surface area contributed by atoms with Gasteiger partial charge in [-0.05, 0) is 30.5 Å². The highest BCUT2D eigenvalue weighted by Crippen LogP contribution is 2.43. The first-order chi connectivity index (χ1) is 12.3. The van der Waals surface area contributed by atoms with E-state index in [4.69, 9.17) is 14.5 Å². The molecule has 0 amide bonds. The Kier molecular flexibility index (Phi) is 5.13. The van der Waals surface area contributed by atoms with Crippen molar-refractivity contribution < 1.29 is 14.5 Å². The van der Waals surface area contributed by atoms with Gasteiger partial charge >= 0.3 is 0 Å². The largest absolute Gasteiger partial charge is 0.344 e. The molecule has 0 aromatic heterocycles. The van der Waals surface area contributed by atoms with E-state index in [1.165, 1.54) is 11.3 Å². The molecule has 2 aromatic rings. The van der Waals surface area contributed by atoms with Crippen LogP contribution in [0.1, 0.15) is 37.7 Å². The number of thioether (sulfide) groups is 1. The monoisotopic (exact) mass is 356 g/mol. The molecule has 0 N–H and O–H groups in total. The fraction of sp³-hybridized carbons (Fsp3) is 0.429. The van der Waals surface area contributed by atoms with Gasteiger partial charge in [0.1, 0.15) is 0 Å². The molecule has 1 saturated heterocycles. The predicted molar refractivity (Wildman–Crippen MR) is 99.2 cm³/mol. The molecule has 4 heteroatoms. The Balaban J connectivity index is 1.53. The standard InChI is InChI=1S/C21H24O3S/c1-4-10-18(11-5-1)20(17-25-19-12-6-2-7-13-19)16-22-21(24-23-20)14-8-3-9-15-21/h1-2,4-7,10-13H,3,8-9,14-17H2. The SMILES string of the molecule is c1ccc(SCC2(c3ccccc3)COC3(CCCCC3)OO2)cc1. The lowest BCUT2D eigenvalue weighted by Crippen LogP contribution is -2.52. The third-order valence-electron chi connectivity index (χ3n) is 5.05. The molecule has 132 valence electrons. The molecule has 3 nitrogen and oxygen atoms in total. The minimum atomic E-state index is -0.579. The van der Waals surface area contributed by atoms with E-state index in [1.54, 1.807) is 11.8 Å². The second kappa shape index (κ2) is 7.50. The Labute approximate surface area is 153 Å². The van der Waals surface area contributed by atoms with Crippen molar-refractivity contribution in [2.24, 2.45) is 0 Å². The number of hydrogen-bond acceptors (Lipinski definition) is 4. The van der Waals surface area contributed by atoms with Gasteiger partial charge in [0.05, 0.1) is 6.61 Å². The molecule has 2 aliphatic rings. The minimum absolute atomic E-state index is 0.525. The third kappa shape index (κ3) is 3.77. The summed E-state index contributed by atoms with van der Waals surface area (Å²) in [7, 11) is 0. The van der Waals surface area contributed by atoms with Gasteiger partial charge in [0.2, 0.25) is 5.79 Å². The van der Waals surface area contributed by atoms with E-state index >= 15 is 0 Å². The average Bonchev–Trinajstić information content (AvgIpc) is 2.70. The molecule has 2 fully saturated rings. The highest BCUT2D eigenvalue weighted by atomic mass is 32.2. The van der Waals surface area contributed by atoms with E-state index < -0.39 is 11.4 Å². The summed E-state index contributed by atoms with van der Waals surface area (Å²) in [5.74, 6) is 0.213. The Bertz CT molecular complexity index is 658. The maximum Gasteiger partial charge on any atom is 0.201 e. The van der Waals surface area contributed by atoms with Gasteiger partial charge in [-0.25, -0.2) is 9.78 Å². The lowest BCUT2D eigenvalue weighted by molar-refractivity contribution is -0.517. The Morgan fingerprint density at radius 2 is 1.48 bits per heavy atom. The molecule has 25 heavy (non-hydrogen) atoms. The van der Waals surface area contributed by atoms with Crippen LogP contribution >= 0.6 is 11.8 Å². The number of ether oxygens (including phenoxy) is 1. The summed E-state index contributed by atoms with van der Waals surface area (Å²) in [5, 5.41) is 0. The fourth-order valence-electron chi connectivity index (χ4n) is 3.51. The second-order valence-corrected chi connectivity index (χ2v) is 7.94. The second-order valence-electron chi connectivity index (χ2n) is 6.89. The summed E-state index contributed by atoms with van der Waals surface area (Å²) >= 11 is 1.77. The van der Waals surface area contributed by atoms with Crippen LogP contribution in [-0.2, 0) is 20.1 Å². The molecule has 1 unspecified atom stereocenters. The van der Waals surface area contributed by atoms with Gasteiger partial charge in [-0.15, -0.1) is 11.8 Å². The third-order valence-corrected chi connectivity index (χ3v) is 6.27. The van der Waals surface area contributed by atoms with E-state index in [1.807, 2.05) is 24.3 Å². The van der Waals surface area contributed by atoms with Crippen LogP contribution in [0, 0.1) is 0 Å². The van der Waals surface area contributed by atoms with Gasteiger partial charge in [-0.3, -0.25) is 0 Å². The van der Waals surface area contributed by atoms with E-state index in [0.717, 1.165) is 37.0 Å². The Hall–Kier alpha value is -1.33. The van der Waals surface area contributed by atoms with Crippen molar-refractivity contribution in [3.05, 3.63) is 66.2 Å². The first-order valence-electron chi connectivity index (χ1n) is 9.05. The molecule has 1 atom stereocenters. The molecule has 4 rings (SSSR count). The molecule has 2 aromatic carbocycles. The highest BCUT2D eigenvalue weighted by Gasteiger charge is 2.48. The fourth-order valence-corrected chi connectivity index (χ4v) is 4.56. The number of rotatable bonds is 4. The van der Waals surface area contributed by atoms with Gasteiger partial charge in [0.15, 0.2) is 5.60 Å². The molecule has 1 saturated carbocycles. The molecular formula is C21H24O3S. The minimum Gasteiger partial charge on any atom is -0.344 e. The first kappa shape index (κ1) is 17.1. The zero-order valence-electron chi connectivity index (χ0n) is 14.4. The van der Waals surface area contributed by atoms with Crippen LogP contribution in [0.2, 0.25) is 0 Å². The van der Waals surface area contributed by atoms with Gasteiger partial charge in [-0.2, -0.15) is 0 Å². The maximum absolute atomic E-state index is 6.30. The van der Waals surface area contributed by atoms with Crippen molar-refractivity contribution in [3.63, 3.8) is 0 Å². The van der Waals surface area contributed by atoms with E-state index in [-0.39, 0.29) is 0 Å². The highest BCUT2D eigenvalue weighted by molar-refractivity contribution is 7.99. The molecule has 1 aliphatic heterocycles. The van der Waals surface area contributed by atoms with Crippen molar-refractivity contribution >= 4 is 11.8 Å². The summed E-state index contributed by atoms with van der Waals surface area (Å²) in [6.07, 6.45) is 5.37. The van der Waals surface area contributed by atoms with Crippen molar-refractivity contribution in [1.82, 2.24) is 0 Å². The summed E-state index contributed by atoms with van der Waals surface area (Å²) in [5.41, 5.74) is 0.522. The predicted octanol–water partition coefficient (Wildman–Crippen LogP) is 5.31. The van der Waals surface area contributed by atoms with Crippen LogP contribution in [0.3, 0.4) is 0 Å². The van der Waals surface area contributed by atoms with Gasteiger partial charge in [0.25, 0.3) is 0 Å². The molecule has 0 radical (unpaired) electrons. The molecule has 0 bridgehead atoms. The van der Waals surface area contributed by atoms with E-state index in [0.29, 0.717) is 6.61 Å². The van der Waals surface area contributed by atoms with Crippen LogP contribution < -0.4 is 0 Å². The summed E-state index contributed by atoms with van der Waals surface area (Å²) in [6, 6.07) is 20.7. The molecule has 1 spiro atoms. The lowest BCUT2D eigenvalue weighted by atomic mass is 9.92. The van der Waals surface area contributed by atoms with Gasteiger partial charge in [0, 0.05) is 23.5 Å². The number of benzene rings is 2. The Morgan fingerprint density at radius 1 is 0.800 bits per heavy atom. The topological polar surface area (TPSA) is 27.7 Å². The van der Waals surface area contributed by atoms with Crippen molar-refractivity contribution in [2.75, 3.05) is 12.4 Å². The van der Waals surface area contributed by atoms with E-state index in [9.17, 15) is 0 Å². The van der Waals surface area contributed by atoms with Crippen LogP contribution in [0.15, 0.2) is 65.6 Å². The van der Waals surface area contributed by atoms with Crippen LogP contribution in [0.5, 0.6) is 0 Å².